The molecule has 74 valence electrons. The van der Waals surface area contributed by atoms with Crippen molar-refractivity contribution in [3.05, 3.63) is 0 Å². The van der Waals surface area contributed by atoms with Gasteiger partial charge in [0.25, 0.3) is 0 Å². The third-order valence-electron chi connectivity index (χ3n) is 3.67. The smallest absolute Gasteiger partial charge is 0.223 e. The zero-order chi connectivity index (χ0) is 9.42. The van der Waals surface area contributed by atoms with E-state index in [4.69, 9.17) is 0 Å². The minimum absolute atomic E-state index is 0.298. The summed E-state index contributed by atoms with van der Waals surface area (Å²) in [5, 5.41) is 3.14. The molecule has 2 aliphatic carbocycles. The summed E-state index contributed by atoms with van der Waals surface area (Å²) in [4.78, 5) is 11.6. The van der Waals surface area contributed by atoms with E-state index in [1.807, 2.05) is 0 Å². The summed E-state index contributed by atoms with van der Waals surface area (Å²) in [6, 6.07) is 0.411. The van der Waals surface area contributed by atoms with Crippen LogP contribution in [0.1, 0.15) is 39.5 Å². The average Bonchev–Trinajstić information content (AvgIpc) is 2.62. The molecule has 2 nitrogen and oxygen atoms in total. The van der Waals surface area contributed by atoms with Crippen molar-refractivity contribution in [3.63, 3.8) is 0 Å². The molecule has 0 spiro atoms. The number of rotatable bonds is 3. The van der Waals surface area contributed by atoms with E-state index in [-0.39, 0.29) is 0 Å². The molecule has 0 saturated heterocycles. The summed E-state index contributed by atoms with van der Waals surface area (Å²) >= 11 is 0. The molecule has 0 aromatic heterocycles. The van der Waals surface area contributed by atoms with Gasteiger partial charge in [-0.2, -0.15) is 0 Å². The lowest BCUT2D eigenvalue weighted by molar-refractivity contribution is -0.123. The van der Waals surface area contributed by atoms with Crippen molar-refractivity contribution >= 4 is 5.91 Å². The highest BCUT2D eigenvalue weighted by atomic mass is 16.2. The second kappa shape index (κ2) is 3.32. The van der Waals surface area contributed by atoms with Crippen LogP contribution in [0.5, 0.6) is 0 Å². The second-order valence-electron chi connectivity index (χ2n) is 4.81. The maximum atomic E-state index is 11.6. The van der Waals surface area contributed by atoms with Crippen LogP contribution in [0.4, 0.5) is 0 Å². The largest absolute Gasteiger partial charge is 0.353 e. The number of hydrogen-bond acceptors (Lipinski definition) is 1. The van der Waals surface area contributed by atoms with Crippen LogP contribution in [0.3, 0.4) is 0 Å². The van der Waals surface area contributed by atoms with Gasteiger partial charge in [0, 0.05) is 12.0 Å². The standard InChI is InChI=1S/C11H19NO/c1-7-6-10(7)11(13)12-8(2)9-4-3-5-9/h7-10H,3-6H2,1-2H3,(H,12,13)/t7?,8-,10?/m1/s1. The molecular formula is C11H19NO. The van der Waals surface area contributed by atoms with Crippen LogP contribution in [0, 0.1) is 17.8 Å². The number of amides is 1. The van der Waals surface area contributed by atoms with E-state index in [1.165, 1.54) is 19.3 Å². The van der Waals surface area contributed by atoms with Crippen LogP contribution in [0.25, 0.3) is 0 Å². The molecule has 1 N–H and O–H groups in total. The van der Waals surface area contributed by atoms with Crippen molar-refractivity contribution < 1.29 is 4.79 Å². The summed E-state index contributed by atoms with van der Waals surface area (Å²) in [5.41, 5.74) is 0. The van der Waals surface area contributed by atoms with Gasteiger partial charge in [-0.25, -0.2) is 0 Å². The van der Waals surface area contributed by atoms with Gasteiger partial charge < -0.3 is 5.32 Å². The van der Waals surface area contributed by atoms with Crippen LogP contribution in [-0.4, -0.2) is 11.9 Å². The molecule has 0 aromatic carbocycles. The highest BCUT2D eigenvalue weighted by Crippen LogP contribution is 2.38. The van der Waals surface area contributed by atoms with Gasteiger partial charge in [-0.05, 0) is 38.0 Å². The van der Waals surface area contributed by atoms with Gasteiger partial charge >= 0.3 is 0 Å². The molecule has 2 rings (SSSR count). The Morgan fingerprint density at radius 1 is 1.46 bits per heavy atom. The fraction of sp³-hybridized carbons (Fsp3) is 0.909. The minimum Gasteiger partial charge on any atom is -0.353 e. The Morgan fingerprint density at radius 3 is 2.46 bits per heavy atom. The first kappa shape index (κ1) is 9.04. The number of carbonyl (C=O) groups is 1. The fourth-order valence-corrected chi connectivity index (χ4v) is 2.08. The average molecular weight is 181 g/mol. The number of hydrogen-bond donors (Lipinski definition) is 1. The summed E-state index contributed by atoms with van der Waals surface area (Å²) in [6.07, 6.45) is 5.07. The normalized spacial score (nSPS) is 34.9. The quantitative estimate of drug-likeness (QED) is 0.708. The second-order valence-corrected chi connectivity index (χ2v) is 4.81. The van der Waals surface area contributed by atoms with E-state index in [2.05, 4.69) is 19.2 Å². The Kier molecular flexibility index (Phi) is 2.31. The zero-order valence-electron chi connectivity index (χ0n) is 8.55. The van der Waals surface area contributed by atoms with E-state index in [0.29, 0.717) is 23.8 Å². The van der Waals surface area contributed by atoms with E-state index in [9.17, 15) is 4.79 Å². The molecule has 0 heterocycles. The van der Waals surface area contributed by atoms with Gasteiger partial charge in [-0.1, -0.05) is 13.3 Å². The van der Waals surface area contributed by atoms with Gasteiger partial charge in [0.15, 0.2) is 0 Å². The predicted molar refractivity (Wildman–Crippen MR) is 52.2 cm³/mol. The van der Waals surface area contributed by atoms with Crippen molar-refractivity contribution in [2.24, 2.45) is 17.8 Å². The van der Waals surface area contributed by atoms with Crippen LogP contribution < -0.4 is 5.32 Å². The van der Waals surface area contributed by atoms with Crippen molar-refractivity contribution in [3.8, 4) is 0 Å². The summed E-state index contributed by atoms with van der Waals surface area (Å²) in [6.45, 7) is 4.30. The van der Waals surface area contributed by atoms with E-state index >= 15 is 0 Å². The number of carbonyl (C=O) groups excluding carboxylic acids is 1. The Morgan fingerprint density at radius 2 is 2.08 bits per heavy atom. The Labute approximate surface area is 80.1 Å². The first-order valence-electron chi connectivity index (χ1n) is 5.49. The lowest BCUT2D eigenvalue weighted by Crippen LogP contribution is -2.41. The summed E-state index contributed by atoms with van der Waals surface area (Å²) in [7, 11) is 0. The Hall–Kier alpha value is -0.530. The van der Waals surface area contributed by atoms with Crippen molar-refractivity contribution in [2.75, 3.05) is 0 Å². The maximum Gasteiger partial charge on any atom is 0.223 e. The summed E-state index contributed by atoms with van der Waals surface area (Å²) in [5.74, 6) is 2.03. The monoisotopic (exact) mass is 181 g/mol. The summed E-state index contributed by atoms with van der Waals surface area (Å²) < 4.78 is 0. The fourth-order valence-electron chi connectivity index (χ4n) is 2.08. The van der Waals surface area contributed by atoms with Crippen LogP contribution in [0.2, 0.25) is 0 Å². The topological polar surface area (TPSA) is 29.1 Å². The Bertz CT molecular complexity index is 210. The first-order chi connectivity index (χ1) is 6.18. The van der Waals surface area contributed by atoms with Gasteiger partial charge in [0.2, 0.25) is 5.91 Å². The zero-order valence-corrected chi connectivity index (χ0v) is 8.55. The lowest BCUT2D eigenvalue weighted by atomic mass is 9.80. The lowest BCUT2D eigenvalue weighted by Gasteiger charge is -2.31. The highest BCUT2D eigenvalue weighted by Gasteiger charge is 2.40. The molecule has 0 aliphatic heterocycles. The van der Waals surface area contributed by atoms with Crippen LogP contribution in [-0.2, 0) is 4.79 Å². The molecule has 13 heavy (non-hydrogen) atoms. The van der Waals surface area contributed by atoms with E-state index in [1.54, 1.807) is 0 Å². The molecule has 0 aromatic rings. The van der Waals surface area contributed by atoms with Crippen molar-refractivity contribution in [1.82, 2.24) is 5.32 Å². The first-order valence-corrected chi connectivity index (χ1v) is 5.49. The molecule has 2 saturated carbocycles. The number of nitrogens with one attached hydrogen (secondary N) is 1. The van der Waals surface area contributed by atoms with Gasteiger partial charge in [-0.3, -0.25) is 4.79 Å². The van der Waals surface area contributed by atoms with Crippen molar-refractivity contribution in [2.45, 2.75) is 45.6 Å². The third-order valence-corrected chi connectivity index (χ3v) is 3.67. The van der Waals surface area contributed by atoms with E-state index in [0.717, 1.165) is 12.3 Å². The van der Waals surface area contributed by atoms with Gasteiger partial charge in [0.1, 0.15) is 0 Å². The van der Waals surface area contributed by atoms with Crippen LogP contribution >= 0.6 is 0 Å². The Balaban J connectivity index is 1.73. The molecular weight excluding hydrogens is 162 g/mol. The highest BCUT2D eigenvalue weighted by molar-refractivity contribution is 5.81. The molecule has 0 bridgehead atoms. The predicted octanol–water partition coefficient (Wildman–Crippen LogP) is 1.95. The third kappa shape index (κ3) is 1.87. The van der Waals surface area contributed by atoms with E-state index < -0.39 is 0 Å². The van der Waals surface area contributed by atoms with Crippen LogP contribution in [0.15, 0.2) is 0 Å². The molecule has 0 radical (unpaired) electrons. The van der Waals surface area contributed by atoms with Gasteiger partial charge in [0.05, 0.1) is 0 Å². The molecule has 1 amide bonds. The van der Waals surface area contributed by atoms with Gasteiger partial charge in [-0.15, -0.1) is 0 Å². The maximum absolute atomic E-state index is 11.6. The minimum atomic E-state index is 0.298. The van der Waals surface area contributed by atoms with Crippen molar-refractivity contribution in [1.29, 1.82) is 0 Å². The molecule has 2 fully saturated rings. The molecule has 3 atom stereocenters. The SMILES string of the molecule is CC1CC1C(=O)N[C@H](C)C1CCC1. The molecule has 2 heteroatoms. The molecule has 2 aliphatic rings. The molecule has 2 unspecified atom stereocenters.